The smallest absolute Gasteiger partial charge is 0.305 e. The molecule has 0 unspecified atom stereocenters. The van der Waals surface area contributed by atoms with E-state index in [4.69, 9.17) is 10.7 Å². The molecule has 1 heterocycles. The van der Waals surface area contributed by atoms with Gasteiger partial charge in [0.25, 0.3) is 9.05 Å². The van der Waals surface area contributed by atoms with Crippen LogP contribution >= 0.6 is 10.7 Å². The molecular formula is C10H7ClFN3O4S. The molecule has 2 aromatic rings. The zero-order valence-corrected chi connectivity index (χ0v) is 11.3. The first-order chi connectivity index (χ1) is 9.29. The van der Waals surface area contributed by atoms with Crippen LogP contribution in [-0.2, 0) is 15.6 Å². The Balaban J connectivity index is 2.34. The molecule has 7 nitrogen and oxygen atoms in total. The van der Waals surface area contributed by atoms with Gasteiger partial charge >= 0.3 is 5.69 Å². The lowest BCUT2D eigenvalue weighted by Gasteiger charge is -2.04. The minimum absolute atomic E-state index is 0.0371. The van der Waals surface area contributed by atoms with E-state index in [-0.39, 0.29) is 17.1 Å². The van der Waals surface area contributed by atoms with Gasteiger partial charge in [-0.2, -0.15) is 4.39 Å². The fraction of sp³-hybridized carbons (Fsp3) is 0.100. The van der Waals surface area contributed by atoms with Crippen LogP contribution in [-0.4, -0.2) is 22.9 Å². The number of imidazole rings is 1. The van der Waals surface area contributed by atoms with Crippen LogP contribution in [0.15, 0.2) is 35.7 Å². The highest BCUT2D eigenvalue weighted by atomic mass is 35.7. The van der Waals surface area contributed by atoms with Crippen molar-refractivity contribution in [3.8, 4) is 0 Å². The SMILES string of the molecule is O=[N+]([O-])c1cccc(Cn2cnc(S(=O)(=O)Cl)c2)c1F. The standard InChI is InChI=1S/C10H7ClFN3O4S/c11-20(18,19)9-5-14(6-13-9)4-7-2-1-3-8(10(7)12)15(16)17/h1-3,5-6H,4H2. The number of rotatable bonds is 4. The molecule has 0 N–H and O–H groups in total. The molecule has 2 rings (SSSR count). The summed E-state index contributed by atoms with van der Waals surface area (Å²) in [4.78, 5) is 13.3. The molecule has 0 aliphatic heterocycles. The highest BCUT2D eigenvalue weighted by molar-refractivity contribution is 8.13. The third kappa shape index (κ3) is 2.94. The number of nitro benzene ring substituents is 1. The van der Waals surface area contributed by atoms with E-state index in [1.54, 1.807) is 0 Å². The maximum absolute atomic E-state index is 13.8. The number of hydrogen-bond acceptors (Lipinski definition) is 5. The first-order valence-electron chi connectivity index (χ1n) is 5.17. The van der Waals surface area contributed by atoms with E-state index in [9.17, 15) is 22.9 Å². The first-order valence-corrected chi connectivity index (χ1v) is 7.48. The second-order valence-electron chi connectivity index (χ2n) is 3.83. The highest BCUT2D eigenvalue weighted by Crippen LogP contribution is 2.21. The molecule has 0 bridgehead atoms. The summed E-state index contributed by atoms with van der Waals surface area (Å²) >= 11 is 0. The van der Waals surface area contributed by atoms with Crippen molar-refractivity contribution in [3.63, 3.8) is 0 Å². The second-order valence-corrected chi connectivity index (χ2v) is 6.34. The van der Waals surface area contributed by atoms with Gasteiger partial charge in [0.1, 0.15) is 0 Å². The molecule has 0 radical (unpaired) electrons. The summed E-state index contributed by atoms with van der Waals surface area (Å²) in [6.07, 6.45) is 2.26. The van der Waals surface area contributed by atoms with Gasteiger partial charge in [-0.15, -0.1) is 0 Å². The average Bonchev–Trinajstić information content (AvgIpc) is 2.80. The van der Waals surface area contributed by atoms with Crippen LogP contribution in [0.1, 0.15) is 5.56 Å². The number of halogens is 2. The Hall–Kier alpha value is -2.00. The monoisotopic (exact) mass is 319 g/mol. The average molecular weight is 320 g/mol. The van der Waals surface area contributed by atoms with Gasteiger partial charge in [-0.25, -0.2) is 13.4 Å². The van der Waals surface area contributed by atoms with Gasteiger partial charge in [0.15, 0.2) is 5.03 Å². The normalized spacial score (nSPS) is 11.5. The van der Waals surface area contributed by atoms with E-state index in [1.807, 2.05) is 0 Å². The molecule has 0 amide bonds. The Bertz CT molecular complexity index is 775. The van der Waals surface area contributed by atoms with Crippen LogP contribution in [0, 0.1) is 15.9 Å². The molecule has 1 aromatic heterocycles. The van der Waals surface area contributed by atoms with Crippen molar-refractivity contribution in [3.05, 3.63) is 52.2 Å². The number of benzene rings is 1. The molecule has 0 aliphatic rings. The molecule has 10 heteroatoms. The van der Waals surface area contributed by atoms with Crippen LogP contribution in [0.2, 0.25) is 0 Å². The summed E-state index contributed by atoms with van der Waals surface area (Å²) in [7, 11) is 1.14. The van der Waals surface area contributed by atoms with Crippen LogP contribution in [0.5, 0.6) is 0 Å². The Kier molecular flexibility index (Phi) is 3.73. The summed E-state index contributed by atoms with van der Waals surface area (Å²) in [5.74, 6) is -0.971. The Labute approximate surface area is 117 Å². The maximum Gasteiger partial charge on any atom is 0.305 e. The van der Waals surface area contributed by atoms with Crippen LogP contribution < -0.4 is 0 Å². The lowest BCUT2D eigenvalue weighted by molar-refractivity contribution is -0.387. The molecule has 106 valence electrons. The van der Waals surface area contributed by atoms with Gasteiger partial charge in [0, 0.05) is 28.5 Å². The lowest BCUT2D eigenvalue weighted by atomic mass is 10.2. The van der Waals surface area contributed by atoms with Crippen LogP contribution in [0.25, 0.3) is 0 Å². The topological polar surface area (TPSA) is 95.1 Å². The summed E-state index contributed by atoms with van der Waals surface area (Å²) in [5.41, 5.74) is -0.608. The lowest BCUT2D eigenvalue weighted by Crippen LogP contribution is -2.02. The predicted octanol–water partition coefficient (Wildman–Crippen LogP) is 1.91. The van der Waals surface area contributed by atoms with E-state index < -0.39 is 25.5 Å². The summed E-state index contributed by atoms with van der Waals surface area (Å²) in [5, 5.41) is 10.2. The zero-order valence-electron chi connectivity index (χ0n) is 9.73. The van der Waals surface area contributed by atoms with Gasteiger partial charge in [-0.1, -0.05) is 12.1 Å². The Morgan fingerprint density at radius 1 is 1.45 bits per heavy atom. The Morgan fingerprint density at radius 2 is 2.15 bits per heavy atom. The van der Waals surface area contributed by atoms with Crippen molar-refractivity contribution in [2.75, 3.05) is 0 Å². The van der Waals surface area contributed by atoms with Crippen molar-refractivity contribution >= 4 is 25.4 Å². The summed E-state index contributed by atoms with van der Waals surface area (Å²) in [6.45, 7) is -0.104. The highest BCUT2D eigenvalue weighted by Gasteiger charge is 2.18. The van der Waals surface area contributed by atoms with Crippen molar-refractivity contribution in [2.24, 2.45) is 0 Å². The maximum atomic E-state index is 13.8. The number of hydrogen-bond donors (Lipinski definition) is 0. The van der Waals surface area contributed by atoms with Crippen molar-refractivity contribution in [1.29, 1.82) is 0 Å². The molecule has 0 spiro atoms. The van der Waals surface area contributed by atoms with E-state index >= 15 is 0 Å². The number of nitrogens with zero attached hydrogens (tertiary/aromatic N) is 3. The minimum Gasteiger partial charge on any atom is -0.332 e. The van der Waals surface area contributed by atoms with Crippen LogP contribution in [0.4, 0.5) is 10.1 Å². The Morgan fingerprint density at radius 3 is 2.70 bits per heavy atom. The van der Waals surface area contributed by atoms with E-state index in [0.717, 1.165) is 18.6 Å². The molecule has 0 saturated heterocycles. The fourth-order valence-corrected chi connectivity index (χ4v) is 2.25. The van der Waals surface area contributed by atoms with Crippen molar-refractivity contribution in [1.82, 2.24) is 9.55 Å². The third-order valence-electron chi connectivity index (χ3n) is 2.47. The number of nitro groups is 1. The molecule has 0 saturated carbocycles. The number of aromatic nitrogens is 2. The van der Waals surface area contributed by atoms with Crippen molar-refractivity contribution < 1.29 is 17.7 Å². The first kappa shape index (κ1) is 14.4. The largest absolute Gasteiger partial charge is 0.332 e. The molecule has 0 fully saturated rings. The van der Waals surface area contributed by atoms with Crippen molar-refractivity contribution in [2.45, 2.75) is 11.6 Å². The molecule has 1 aromatic carbocycles. The van der Waals surface area contributed by atoms with Gasteiger partial charge in [0.2, 0.25) is 5.82 Å². The predicted molar refractivity (Wildman–Crippen MR) is 67.4 cm³/mol. The van der Waals surface area contributed by atoms with E-state index in [2.05, 4.69) is 4.98 Å². The van der Waals surface area contributed by atoms with Gasteiger partial charge < -0.3 is 4.57 Å². The summed E-state index contributed by atoms with van der Waals surface area (Å²) in [6, 6.07) is 3.74. The van der Waals surface area contributed by atoms with Gasteiger partial charge in [0.05, 0.1) is 17.8 Å². The molecule has 20 heavy (non-hydrogen) atoms. The fourth-order valence-electron chi connectivity index (χ4n) is 1.58. The molecule has 0 atom stereocenters. The van der Waals surface area contributed by atoms with Crippen LogP contribution in [0.3, 0.4) is 0 Å². The minimum atomic E-state index is -3.97. The van der Waals surface area contributed by atoms with E-state index in [1.165, 1.54) is 16.7 Å². The molecule has 0 aliphatic carbocycles. The zero-order chi connectivity index (χ0) is 14.9. The quantitative estimate of drug-likeness (QED) is 0.487. The van der Waals surface area contributed by atoms with E-state index in [0.29, 0.717) is 0 Å². The summed E-state index contributed by atoms with van der Waals surface area (Å²) < 4.78 is 37.2. The third-order valence-corrected chi connectivity index (χ3v) is 3.65. The second kappa shape index (κ2) is 5.17. The van der Waals surface area contributed by atoms with Gasteiger partial charge in [-0.05, 0) is 0 Å². The van der Waals surface area contributed by atoms with Gasteiger partial charge in [-0.3, -0.25) is 10.1 Å². The molecular weight excluding hydrogens is 313 g/mol.